The zero-order chi connectivity index (χ0) is 13.7. The van der Waals surface area contributed by atoms with Gasteiger partial charge < -0.3 is 19.2 Å². The predicted molar refractivity (Wildman–Crippen MR) is 78.4 cm³/mol. The number of benzene rings is 2. The van der Waals surface area contributed by atoms with Crippen molar-refractivity contribution in [3.8, 4) is 17.2 Å². The number of methoxy groups -OCH3 is 1. The van der Waals surface area contributed by atoms with Gasteiger partial charge in [0.2, 0.25) is 0 Å². The highest BCUT2D eigenvalue weighted by atomic mass is 35.5. The van der Waals surface area contributed by atoms with E-state index in [2.05, 4.69) is 4.98 Å². The van der Waals surface area contributed by atoms with Crippen LogP contribution in [0.15, 0.2) is 24.3 Å². The monoisotopic (exact) mass is 289 g/mol. The van der Waals surface area contributed by atoms with Crippen LogP contribution in [0.3, 0.4) is 0 Å². The summed E-state index contributed by atoms with van der Waals surface area (Å²) in [5, 5.41) is 2.70. The minimum absolute atomic E-state index is 0.555. The topological polar surface area (TPSA) is 43.5 Å². The van der Waals surface area contributed by atoms with Crippen LogP contribution in [0.4, 0.5) is 0 Å². The minimum atomic E-state index is 0.555. The normalized spacial score (nSPS) is 13.9. The van der Waals surface area contributed by atoms with Crippen LogP contribution in [-0.2, 0) is 0 Å². The number of ether oxygens (including phenoxy) is 3. The number of aromatic amines is 1. The summed E-state index contributed by atoms with van der Waals surface area (Å²) in [6.07, 6.45) is 0. The number of H-pyrrole nitrogens is 1. The van der Waals surface area contributed by atoms with Crippen molar-refractivity contribution in [1.29, 1.82) is 0 Å². The molecule has 102 valence electrons. The Bertz CT molecular complexity index is 825. The zero-order valence-corrected chi connectivity index (χ0v) is 11.6. The molecule has 0 saturated heterocycles. The molecular formula is C15H12ClNO3. The molecular weight excluding hydrogens is 278 g/mol. The molecule has 0 atom stereocenters. The minimum Gasteiger partial charge on any atom is -0.493 e. The SMILES string of the molecule is COc1c(Cl)ccc2c1[nH]c1c3c(ccc12)OCCO3. The summed E-state index contributed by atoms with van der Waals surface area (Å²) in [5.74, 6) is 2.16. The fraction of sp³-hybridized carbons (Fsp3) is 0.200. The number of hydrogen-bond donors (Lipinski definition) is 1. The third-order valence-corrected chi connectivity index (χ3v) is 3.86. The standard InChI is InChI=1S/C15H12ClNO3/c1-18-14-10(16)4-2-8-9-3-5-11-15(20-7-6-19-11)13(9)17-12(8)14/h2-5,17H,6-7H2,1H3. The molecule has 0 unspecified atom stereocenters. The number of rotatable bonds is 1. The molecule has 0 saturated carbocycles. The fourth-order valence-corrected chi connectivity index (χ4v) is 2.93. The van der Waals surface area contributed by atoms with Crippen LogP contribution in [0, 0.1) is 0 Å². The zero-order valence-electron chi connectivity index (χ0n) is 10.8. The van der Waals surface area contributed by atoms with Gasteiger partial charge in [0, 0.05) is 10.8 Å². The van der Waals surface area contributed by atoms with Gasteiger partial charge >= 0.3 is 0 Å². The quantitative estimate of drug-likeness (QED) is 0.742. The molecule has 1 aliphatic heterocycles. The maximum atomic E-state index is 6.17. The van der Waals surface area contributed by atoms with E-state index in [1.165, 1.54) is 0 Å². The average Bonchev–Trinajstić information content (AvgIpc) is 2.86. The van der Waals surface area contributed by atoms with Crippen molar-refractivity contribution in [3.63, 3.8) is 0 Å². The van der Waals surface area contributed by atoms with Crippen molar-refractivity contribution in [3.05, 3.63) is 29.3 Å². The second-order valence-corrected chi connectivity index (χ2v) is 5.05. The highest BCUT2D eigenvalue weighted by Gasteiger charge is 2.19. The first-order valence-corrected chi connectivity index (χ1v) is 6.74. The lowest BCUT2D eigenvalue weighted by molar-refractivity contribution is 0.173. The van der Waals surface area contributed by atoms with Gasteiger partial charge in [0.15, 0.2) is 17.2 Å². The van der Waals surface area contributed by atoms with E-state index in [1.807, 2.05) is 24.3 Å². The lowest BCUT2D eigenvalue weighted by Crippen LogP contribution is -2.15. The Kier molecular flexibility index (Phi) is 2.47. The maximum absolute atomic E-state index is 6.17. The molecule has 0 radical (unpaired) electrons. The van der Waals surface area contributed by atoms with Crippen LogP contribution < -0.4 is 14.2 Å². The molecule has 0 aliphatic carbocycles. The van der Waals surface area contributed by atoms with Gasteiger partial charge in [-0.1, -0.05) is 17.7 Å². The molecule has 0 bridgehead atoms. The van der Waals surface area contributed by atoms with Gasteiger partial charge in [-0.15, -0.1) is 0 Å². The van der Waals surface area contributed by atoms with E-state index < -0.39 is 0 Å². The lowest BCUT2D eigenvalue weighted by atomic mass is 10.1. The lowest BCUT2D eigenvalue weighted by Gasteiger charge is -2.18. The number of aromatic nitrogens is 1. The summed E-state index contributed by atoms with van der Waals surface area (Å²) in [5.41, 5.74) is 1.79. The summed E-state index contributed by atoms with van der Waals surface area (Å²) < 4.78 is 16.7. The van der Waals surface area contributed by atoms with Crippen molar-refractivity contribution in [2.24, 2.45) is 0 Å². The molecule has 4 nitrogen and oxygen atoms in total. The largest absolute Gasteiger partial charge is 0.493 e. The molecule has 1 aromatic heterocycles. The second kappa shape index (κ2) is 4.21. The molecule has 0 spiro atoms. The molecule has 5 heteroatoms. The van der Waals surface area contributed by atoms with E-state index in [0.29, 0.717) is 24.0 Å². The van der Waals surface area contributed by atoms with Crippen LogP contribution in [0.2, 0.25) is 5.02 Å². The Morgan fingerprint density at radius 3 is 2.65 bits per heavy atom. The molecule has 0 amide bonds. The van der Waals surface area contributed by atoms with Crippen molar-refractivity contribution in [2.75, 3.05) is 20.3 Å². The van der Waals surface area contributed by atoms with E-state index in [4.69, 9.17) is 25.8 Å². The van der Waals surface area contributed by atoms with Gasteiger partial charge in [-0.05, 0) is 18.2 Å². The van der Waals surface area contributed by atoms with E-state index in [9.17, 15) is 0 Å². The van der Waals surface area contributed by atoms with Gasteiger partial charge in [-0.2, -0.15) is 0 Å². The van der Waals surface area contributed by atoms with Crippen LogP contribution in [-0.4, -0.2) is 25.3 Å². The highest BCUT2D eigenvalue weighted by molar-refractivity contribution is 6.33. The van der Waals surface area contributed by atoms with E-state index in [0.717, 1.165) is 33.3 Å². The Balaban J connectivity index is 2.13. The van der Waals surface area contributed by atoms with Crippen molar-refractivity contribution >= 4 is 33.4 Å². The first-order chi connectivity index (χ1) is 9.79. The molecule has 1 N–H and O–H groups in total. The number of nitrogens with one attached hydrogen (secondary N) is 1. The van der Waals surface area contributed by atoms with E-state index >= 15 is 0 Å². The van der Waals surface area contributed by atoms with E-state index in [1.54, 1.807) is 7.11 Å². The van der Waals surface area contributed by atoms with Gasteiger partial charge in [0.05, 0.1) is 23.2 Å². The molecule has 2 aromatic carbocycles. The Labute approximate surface area is 120 Å². The highest BCUT2D eigenvalue weighted by Crippen LogP contribution is 2.43. The first kappa shape index (κ1) is 11.7. The molecule has 4 rings (SSSR count). The Morgan fingerprint density at radius 1 is 1.05 bits per heavy atom. The first-order valence-electron chi connectivity index (χ1n) is 6.36. The molecule has 0 fully saturated rings. The molecule has 2 heterocycles. The van der Waals surface area contributed by atoms with Crippen molar-refractivity contribution in [2.45, 2.75) is 0 Å². The van der Waals surface area contributed by atoms with Crippen molar-refractivity contribution < 1.29 is 14.2 Å². The molecule has 20 heavy (non-hydrogen) atoms. The maximum Gasteiger partial charge on any atom is 0.185 e. The van der Waals surface area contributed by atoms with Gasteiger partial charge in [0.1, 0.15) is 13.2 Å². The Morgan fingerprint density at radius 2 is 1.80 bits per heavy atom. The van der Waals surface area contributed by atoms with Crippen LogP contribution in [0.25, 0.3) is 21.8 Å². The predicted octanol–water partition coefficient (Wildman–Crippen LogP) is 3.75. The third-order valence-electron chi connectivity index (χ3n) is 3.56. The van der Waals surface area contributed by atoms with Crippen LogP contribution in [0.1, 0.15) is 0 Å². The number of fused-ring (bicyclic) bond motifs is 5. The third kappa shape index (κ3) is 1.48. The smallest absolute Gasteiger partial charge is 0.185 e. The van der Waals surface area contributed by atoms with Crippen molar-refractivity contribution in [1.82, 2.24) is 4.98 Å². The summed E-state index contributed by atoms with van der Waals surface area (Å²) in [6.45, 7) is 1.13. The Hall–Kier alpha value is -2.07. The summed E-state index contributed by atoms with van der Waals surface area (Å²) in [4.78, 5) is 3.35. The number of hydrogen-bond acceptors (Lipinski definition) is 3. The molecule has 1 aliphatic rings. The number of halogens is 1. The van der Waals surface area contributed by atoms with Gasteiger partial charge in [0.25, 0.3) is 0 Å². The van der Waals surface area contributed by atoms with Crippen LogP contribution >= 0.6 is 11.6 Å². The second-order valence-electron chi connectivity index (χ2n) is 4.64. The van der Waals surface area contributed by atoms with E-state index in [-0.39, 0.29) is 0 Å². The summed E-state index contributed by atoms with van der Waals surface area (Å²) in [7, 11) is 1.61. The average molecular weight is 290 g/mol. The van der Waals surface area contributed by atoms with Crippen LogP contribution in [0.5, 0.6) is 17.2 Å². The van der Waals surface area contributed by atoms with Gasteiger partial charge in [-0.3, -0.25) is 0 Å². The fourth-order valence-electron chi connectivity index (χ4n) is 2.69. The van der Waals surface area contributed by atoms with Gasteiger partial charge in [-0.25, -0.2) is 0 Å². The molecule has 3 aromatic rings. The summed E-state index contributed by atoms with van der Waals surface area (Å²) in [6, 6.07) is 7.78. The summed E-state index contributed by atoms with van der Waals surface area (Å²) >= 11 is 6.17.